The molecule has 0 atom stereocenters. The average molecular weight is 246 g/mol. The minimum atomic E-state index is -0.388. The zero-order chi connectivity index (χ0) is 12.3. The molecule has 0 aliphatic heterocycles. The molecule has 0 saturated carbocycles. The van der Waals surface area contributed by atoms with Crippen molar-refractivity contribution in [3.63, 3.8) is 0 Å². The van der Waals surface area contributed by atoms with Gasteiger partial charge in [-0.2, -0.15) is 0 Å². The molecule has 2 rings (SSSR count). The largest absolute Gasteiger partial charge is 0.465 e. The van der Waals surface area contributed by atoms with Gasteiger partial charge in [0.25, 0.3) is 0 Å². The summed E-state index contributed by atoms with van der Waals surface area (Å²) in [6.07, 6.45) is 0. The lowest BCUT2D eigenvalue weighted by Crippen LogP contribution is -2.01. The quantitative estimate of drug-likeness (QED) is 0.756. The summed E-state index contributed by atoms with van der Waals surface area (Å²) in [4.78, 5) is 11.4. The Hall–Kier alpha value is -1.80. The average Bonchev–Trinajstić information content (AvgIpc) is 2.39. The van der Waals surface area contributed by atoms with Crippen molar-refractivity contribution in [2.45, 2.75) is 0 Å². The van der Waals surface area contributed by atoms with Gasteiger partial charge in [0.15, 0.2) is 0 Å². The van der Waals surface area contributed by atoms with Crippen LogP contribution in [0.5, 0.6) is 0 Å². The summed E-state index contributed by atoms with van der Waals surface area (Å²) in [5.41, 5.74) is 2.34. The smallest absolute Gasteiger partial charge is 0.338 e. The summed E-state index contributed by atoms with van der Waals surface area (Å²) in [5, 5.41) is 0.685. The van der Waals surface area contributed by atoms with Crippen LogP contribution in [0.2, 0.25) is 5.02 Å². The van der Waals surface area contributed by atoms with Gasteiger partial charge in [-0.1, -0.05) is 35.9 Å². The van der Waals surface area contributed by atoms with E-state index in [0.29, 0.717) is 10.6 Å². The number of carbonyl (C=O) groups excluding carboxylic acids is 1. The van der Waals surface area contributed by atoms with Crippen molar-refractivity contribution in [3.8, 4) is 11.1 Å². The highest BCUT2D eigenvalue weighted by atomic mass is 35.5. The Labute approximate surface area is 105 Å². The van der Waals surface area contributed by atoms with Crippen LogP contribution in [-0.4, -0.2) is 13.1 Å². The molecule has 85 valence electrons. The Kier molecular flexibility index (Phi) is 3.45. The molecular formula is C14H10ClO2. The third-order valence-corrected chi connectivity index (χ3v) is 2.64. The Morgan fingerprint density at radius 2 is 1.88 bits per heavy atom. The highest BCUT2D eigenvalue weighted by Crippen LogP contribution is 2.22. The number of halogens is 1. The molecule has 0 aliphatic rings. The maximum atomic E-state index is 11.4. The number of hydrogen-bond donors (Lipinski definition) is 0. The fraction of sp³-hybridized carbons (Fsp3) is 0.0714. The van der Waals surface area contributed by atoms with Gasteiger partial charge in [0.2, 0.25) is 0 Å². The van der Waals surface area contributed by atoms with Gasteiger partial charge in [-0.05, 0) is 35.4 Å². The highest BCUT2D eigenvalue weighted by molar-refractivity contribution is 6.30. The van der Waals surface area contributed by atoms with Crippen molar-refractivity contribution >= 4 is 17.6 Å². The van der Waals surface area contributed by atoms with Crippen molar-refractivity contribution < 1.29 is 9.53 Å². The molecule has 17 heavy (non-hydrogen) atoms. The molecule has 0 fully saturated rings. The number of ether oxygens (including phenoxy) is 1. The van der Waals surface area contributed by atoms with E-state index in [1.807, 2.05) is 30.3 Å². The zero-order valence-corrected chi connectivity index (χ0v) is 9.99. The zero-order valence-electron chi connectivity index (χ0n) is 9.24. The van der Waals surface area contributed by atoms with Gasteiger partial charge in [0, 0.05) is 5.02 Å². The molecule has 0 amide bonds. The second-order valence-corrected chi connectivity index (χ2v) is 3.93. The highest BCUT2D eigenvalue weighted by Gasteiger charge is 2.06. The molecule has 0 N–H and O–H groups in total. The summed E-state index contributed by atoms with van der Waals surface area (Å²) in [6, 6.07) is 15.6. The van der Waals surface area contributed by atoms with Gasteiger partial charge in [0.1, 0.15) is 0 Å². The van der Waals surface area contributed by atoms with Gasteiger partial charge < -0.3 is 4.74 Å². The van der Waals surface area contributed by atoms with E-state index < -0.39 is 0 Å². The minimum Gasteiger partial charge on any atom is -0.465 e. The van der Waals surface area contributed by atoms with E-state index in [4.69, 9.17) is 11.6 Å². The lowest BCUT2D eigenvalue weighted by atomic mass is 10.0. The van der Waals surface area contributed by atoms with Gasteiger partial charge in [-0.25, -0.2) is 4.79 Å². The van der Waals surface area contributed by atoms with E-state index in [1.165, 1.54) is 7.11 Å². The first kappa shape index (κ1) is 11.7. The van der Waals surface area contributed by atoms with Crippen molar-refractivity contribution in [1.29, 1.82) is 0 Å². The predicted octanol–water partition coefficient (Wildman–Crippen LogP) is 3.59. The third-order valence-electron chi connectivity index (χ3n) is 2.38. The van der Waals surface area contributed by atoms with Gasteiger partial charge in [-0.3, -0.25) is 0 Å². The second kappa shape index (κ2) is 5.02. The van der Waals surface area contributed by atoms with Crippen LogP contribution in [-0.2, 0) is 4.74 Å². The topological polar surface area (TPSA) is 26.3 Å². The van der Waals surface area contributed by atoms with Gasteiger partial charge in [-0.15, -0.1) is 0 Å². The summed E-state index contributed by atoms with van der Waals surface area (Å²) >= 11 is 5.82. The lowest BCUT2D eigenvalue weighted by Gasteiger charge is -2.04. The first-order valence-corrected chi connectivity index (χ1v) is 5.44. The summed E-state index contributed by atoms with van der Waals surface area (Å²) in [7, 11) is 1.35. The monoisotopic (exact) mass is 245 g/mol. The van der Waals surface area contributed by atoms with E-state index in [2.05, 4.69) is 10.8 Å². The standard InChI is InChI=1S/C14H10ClO2/c1-17-14(16)12-4-2-3-11(9-12)10-5-7-13(15)8-6-10/h2-3,5-9H,1H3. The molecule has 2 aromatic carbocycles. The molecule has 0 unspecified atom stereocenters. The van der Waals surface area contributed by atoms with Crippen LogP contribution < -0.4 is 0 Å². The van der Waals surface area contributed by atoms with Gasteiger partial charge in [0.05, 0.1) is 12.7 Å². The Morgan fingerprint density at radius 1 is 1.18 bits per heavy atom. The number of benzene rings is 2. The molecule has 0 aromatic heterocycles. The normalized spacial score (nSPS) is 10.0. The molecular weight excluding hydrogens is 236 g/mol. The lowest BCUT2D eigenvalue weighted by molar-refractivity contribution is 0.0600. The molecule has 0 aliphatic carbocycles. The van der Waals surface area contributed by atoms with Crippen LogP contribution in [0, 0.1) is 6.07 Å². The van der Waals surface area contributed by atoms with E-state index in [1.54, 1.807) is 12.1 Å². The predicted molar refractivity (Wildman–Crippen MR) is 67.1 cm³/mol. The first-order valence-electron chi connectivity index (χ1n) is 5.06. The van der Waals surface area contributed by atoms with Crippen LogP contribution in [0.3, 0.4) is 0 Å². The number of carbonyl (C=O) groups is 1. The van der Waals surface area contributed by atoms with Gasteiger partial charge >= 0.3 is 5.97 Å². The molecule has 3 heteroatoms. The Balaban J connectivity index is 2.39. The number of hydrogen-bond acceptors (Lipinski definition) is 2. The van der Waals surface area contributed by atoms with Crippen LogP contribution in [0.15, 0.2) is 42.5 Å². The summed E-state index contributed by atoms with van der Waals surface area (Å²) < 4.78 is 4.65. The SMILES string of the molecule is COC(=O)c1[c]ccc(-c2ccc(Cl)cc2)c1. The molecule has 0 heterocycles. The van der Waals surface area contributed by atoms with E-state index in [9.17, 15) is 4.79 Å². The van der Waals surface area contributed by atoms with Crippen molar-refractivity contribution in [2.24, 2.45) is 0 Å². The summed E-state index contributed by atoms with van der Waals surface area (Å²) in [6.45, 7) is 0. The van der Waals surface area contributed by atoms with Crippen molar-refractivity contribution in [1.82, 2.24) is 0 Å². The number of methoxy groups -OCH3 is 1. The van der Waals surface area contributed by atoms with Crippen molar-refractivity contribution in [2.75, 3.05) is 7.11 Å². The second-order valence-electron chi connectivity index (χ2n) is 3.49. The fourth-order valence-corrected chi connectivity index (χ4v) is 1.64. The Bertz CT molecular complexity index is 532. The number of rotatable bonds is 2. The molecule has 2 aromatic rings. The van der Waals surface area contributed by atoms with Crippen LogP contribution >= 0.6 is 11.6 Å². The third kappa shape index (κ3) is 2.66. The van der Waals surface area contributed by atoms with Crippen LogP contribution in [0.1, 0.15) is 10.4 Å². The summed E-state index contributed by atoms with van der Waals surface area (Å²) in [5.74, 6) is -0.388. The molecule has 2 nitrogen and oxygen atoms in total. The van der Waals surface area contributed by atoms with E-state index in [0.717, 1.165) is 11.1 Å². The van der Waals surface area contributed by atoms with E-state index >= 15 is 0 Å². The number of esters is 1. The first-order chi connectivity index (χ1) is 8.20. The maximum Gasteiger partial charge on any atom is 0.338 e. The van der Waals surface area contributed by atoms with Crippen molar-refractivity contribution in [3.05, 3.63) is 59.1 Å². The molecule has 0 saturated heterocycles. The molecule has 0 spiro atoms. The molecule has 1 radical (unpaired) electrons. The van der Waals surface area contributed by atoms with Crippen LogP contribution in [0.25, 0.3) is 11.1 Å². The Morgan fingerprint density at radius 3 is 2.53 bits per heavy atom. The maximum absolute atomic E-state index is 11.4. The molecule has 0 bridgehead atoms. The van der Waals surface area contributed by atoms with E-state index in [-0.39, 0.29) is 5.97 Å². The minimum absolute atomic E-state index is 0.388. The fourth-order valence-electron chi connectivity index (χ4n) is 1.52. The van der Waals surface area contributed by atoms with Crippen LogP contribution in [0.4, 0.5) is 0 Å².